The summed E-state index contributed by atoms with van der Waals surface area (Å²) < 4.78 is 0. The number of pyridine rings is 1. The molecule has 0 N–H and O–H groups in total. The molecular weight excluding hydrogens is 242 g/mol. The number of para-hydroxylation sites is 1. The maximum atomic E-state index is 5.98. The highest BCUT2D eigenvalue weighted by molar-refractivity contribution is 6.29. The summed E-state index contributed by atoms with van der Waals surface area (Å²) in [6.07, 6.45) is 0.880. The van der Waals surface area contributed by atoms with E-state index in [4.69, 9.17) is 11.6 Å². The van der Waals surface area contributed by atoms with E-state index in [1.54, 1.807) is 0 Å². The van der Waals surface area contributed by atoms with Crippen molar-refractivity contribution in [2.45, 2.75) is 6.42 Å². The Morgan fingerprint density at radius 2 is 1.67 bits per heavy atom. The van der Waals surface area contributed by atoms with Gasteiger partial charge in [0.15, 0.2) is 0 Å². The molecule has 0 fully saturated rings. The van der Waals surface area contributed by atoms with Crippen LogP contribution in [0, 0.1) is 0 Å². The van der Waals surface area contributed by atoms with Crippen LogP contribution >= 0.6 is 11.6 Å². The van der Waals surface area contributed by atoms with Gasteiger partial charge in [0.05, 0.1) is 5.52 Å². The van der Waals surface area contributed by atoms with Gasteiger partial charge in [0.25, 0.3) is 0 Å². The number of nitrogens with zero attached hydrogens (tertiary/aromatic N) is 1. The smallest absolute Gasteiger partial charge is 0.129 e. The lowest BCUT2D eigenvalue weighted by molar-refractivity contribution is 1.19. The number of benzene rings is 2. The van der Waals surface area contributed by atoms with E-state index in [1.165, 1.54) is 11.1 Å². The fourth-order valence-electron chi connectivity index (χ4n) is 2.14. The summed E-state index contributed by atoms with van der Waals surface area (Å²) in [5.74, 6) is 0. The van der Waals surface area contributed by atoms with Gasteiger partial charge in [-0.25, -0.2) is 4.98 Å². The highest BCUT2D eigenvalue weighted by atomic mass is 35.5. The molecule has 0 aliphatic rings. The quantitative estimate of drug-likeness (QED) is 0.614. The molecule has 2 aromatic carbocycles. The normalized spacial score (nSPS) is 10.7. The van der Waals surface area contributed by atoms with Crippen LogP contribution in [0.2, 0.25) is 5.15 Å². The van der Waals surface area contributed by atoms with E-state index in [-0.39, 0.29) is 0 Å². The highest BCUT2D eigenvalue weighted by Gasteiger charge is 2.04. The Morgan fingerprint density at radius 1 is 0.833 bits per heavy atom. The molecule has 0 atom stereocenters. The number of fused-ring (bicyclic) bond motifs is 1. The molecule has 2 heteroatoms. The molecule has 0 saturated carbocycles. The lowest BCUT2D eigenvalue weighted by Gasteiger charge is -2.06. The zero-order chi connectivity index (χ0) is 12.4. The summed E-state index contributed by atoms with van der Waals surface area (Å²) in [6.45, 7) is 0. The molecule has 1 heterocycles. The van der Waals surface area contributed by atoms with Gasteiger partial charge in [-0.15, -0.1) is 0 Å². The predicted octanol–water partition coefficient (Wildman–Crippen LogP) is 4.48. The van der Waals surface area contributed by atoms with Crippen molar-refractivity contribution in [1.29, 1.82) is 0 Å². The lowest BCUT2D eigenvalue weighted by Crippen LogP contribution is -1.91. The first kappa shape index (κ1) is 11.2. The number of aromatic nitrogens is 1. The molecule has 0 bridgehead atoms. The molecule has 3 rings (SSSR count). The minimum Gasteiger partial charge on any atom is -0.236 e. The maximum Gasteiger partial charge on any atom is 0.129 e. The Morgan fingerprint density at radius 3 is 2.50 bits per heavy atom. The van der Waals surface area contributed by atoms with Crippen molar-refractivity contribution in [3.63, 3.8) is 0 Å². The molecule has 0 saturated heterocycles. The fourth-order valence-corrected chi connectivity index (χ4v) is 2.29. The Balaban J connectivity index is 2.09. The summed E-state index contributed by atoms with van der Waals surface area (Å²) in [5.41, 5.74) is 3.49. The second kappa shape index (κ2) is 4.79. The molecule has 18 heavy (non-hydrogen) atoms. The SMILES string of the molecule is Clc1ccc2cccc(Cc3ccccc3)c2n1. The van der Waals surface area contributed by atoms with Crippen LogP contribution in [0.4, 0.5) is 0 Å². The summed E-state index contributed by atoms with van der Waals surface area (Å²) in [4.78, 5) is 4.44. The van der Waals surface area contributed by atoms with Crippen molar-refractivity contribution in [2.75, 3.05) is 0 Å². The second-order valence-electron chi connectivity index (χ2n) is 4.29. The highest BCUT2D eigenvalue weighted by Crippen LogP contribution is 2.21. The number of hydrogen-bond donors (Lipinski definition) is 0. The predicted molar refractivity (Wildman–Crippen MR) is 76.0 cm³/mol. The molecule has 1 nitrogen and oxygen atoms in total. The minimum atomic E-state index is 0.544. The molecular formula is C16H12ClN. The molecule has 1 aromatic heterocycles. The van der Waals surface area contributed by atoms with Crippen LogP contribution in [-0.4, -0.2) is 4.98 Å². The first-order chi connectivity index (χ1) is 8.83. The number of halogens is 1. The van der Waals surface area contributed by atoms with Gasteiger partial charge in [-0.2, -0.15) is 0 Å². The van der Waals surface area contributed by atoms with Crippen LogP contribution < -0.4 is 0 Å². The first-order valence-corrected chi connectivity index (χ1v) is 6.29. The molecule has 0 spiro atoms. The topological polar surface area (TPSA) is 12.9 Å². The third-order valence-corrected chi connectivity index (χ3v) is 3.22. The van der Waals surface area contributed by atoms with E-state index in [1.807, 2.05) is 18.2 Å². The van der Waals surface area contributed by atoms with Crippen LogP contribution in [0.5, 0.6) is 0 Å². The van der Waals surface area contributed by atoms with Crippen molar-refractivity contribution in [1.82, 2.24) is 4.98 Å². The van der Waals surface area contributed by atoms with E-state index in [0.29, 0.717) is 5.15 Å². The van der Waals surface area contributed by atoms with Gasteiger partial charge in [-0.1, -0.05) is 60.1 Å². The Bertz CT molecular complexity index is 677. The maximum absolute atomic E-state index is 5.98. The summed E-state index contributed by atoms with van der Waals surface area (Å²) in [5, 5.41) is 1.68. The van der Waals surface area contributed by atoms with E-state index in [0.717, 1.165) is 17.3 Å². The zero-order valence-electron chi connectivity index (χ0n) is 9.81. The molecule has 0 amide bonds. The van der Waals surface area contributed by atoms with Crippen LogP contribution in [0.15, 0.2) is 60.7 Å². The molecule has 0 radical (unpaired) electrons. The van der Waals surface area contributed by atoms with Gasteiger partial charge in [0.1, 0.15) is 5.15 Å². The van der Waals surface area contributed by atoms with Gasteiger partial charge >= 0.3 is 0 Å². The average Bonchev–Trinajstić information content (AvgIpc) is 2.41. The van der Waals surface area contributed by atoms with Crippen molar-refractivity contribution in [3.8, 4) is 0 Å². The second-order valence-corrected chi connectivity index (χ2v) is 4.67. The summed E-state index contributed by atoms with van der Waals surface area (Å²) in [6, 6.07) is 20.5. The monoisotopic (exact) mass is 253 g/mol. The third kappa shape index (κ3) is 2.22. The van der Waals surface area contributed by atoms with Gasteiger partial charge in [0.2, 0.25) is 0 Å². The Kier molecular flexibility index (Phi) is 2.99. The molecule has 0 aliphatic carbocycles. The largest absolute Gasteiger partial charge is 0.236 e. The van der Waals surface area contributed by atoms with Crippen molar-refractivity contribution in [3.05, 3.63) is 76.9 Å². The van der Waals surface area contributed by atoms with E-state index < -0.39 is 0 Å². The molecule has 0 aliphatic heterocycles. The Labute approximate surface area is 111 Å². The minimum absolute atomic E-state index is 0.544. The fraction of sp³-hybridized carbons (Fsp3) is 0.0625. The van der Waals surface area contributed by atoms with E-state index in [9.17, 15) is 0 Å². The van der Waals surface area contributed by atoms with Gasteiger partial charge in [-0.05, 0) is 29.7 Å². The van der Waals surface area contributed by atoms with Crippen LogP contribution in [0.3, 0.4) is 0 Å². The molecule has 3 aromatic rings. The summed E-state index contributed by atoms with van der Waals surface area (Å²) in [7, 11) is 0. The molecule has 0 unspecified atom stereocenters. The standard InChI is InChI=1S/C16H12ClN/c17-15-10-9-13-7-4-8-14(16(13)18-15)11-12-5-2-1-3-6-12/h1-10H,11H2. The summed E-state index contributed by atoms with van der Waals surface area (Å²) >= 11 is 5.98. The number of hydrogen-bond acceptors (Lipinski definition) is 1. The van der Waals surface area contributed by atoms with Gasteiger partial charge in [0, 0.05) is 5.39 Å². The van der Waals surface area contributed by atoms with Crippen LogP contribution in [0.1, 0.15) is 11.1 Å². The Hall–Kier alpha value is -1.86. The van der Waals surface area contributed by atoms with Crippen LogP contribution in [0.25, 0.3) is 10.9 Å². The first-order valence-electron chi connectivity index (χ1n) is 5.91. The zero-order valence-corrected chi connectivity index (χ0v) is 10.6. The number of rotatable bonds is 2. The average molecular weight is 254 g/mol. The third-order valence-electron chi connectivity index (χ3n) is 3.01. The van der Waals surface area contributed by atoms with Crippen molar-refractivity contribution >= 4 is 22.5 Å². The van der Waals surface area contributed by atoms with Gasteiger partial charge < -0.3 is 0 Å². The van der Waals surface area contributed by atoms with E-state index >= 15 is 0 Å². The van der Waals surface area contributed by atoms with Crippen molar-refractivity contribution in [2.24, 2.45) is 0 Å². The lowest BCUT2D eigenvalue weighted by atomic mass is 10.0. The van der Waals surface area contributed by atoms with Gasteiger partial charge in [-0.3, -0.25) is 0 Å². The van der Waals surface area contributed by atoms with Crippen molar-refractivity contribution < 1.29 is 0 Å². The van der Waals surface area contributed by atoms with Crippen LogP contribution in [-0.2, 0) is 6.42 Å². The van der Waals surface area contributed by atoms with E-state index in [2.05, 4.69) is 47.4 Å². The molecule has 88 valence electrons.